The van der Waals surface area contributed by atoms with Gasteiger partial charge in [0.2, 0.25) is 0 Å². The average Bonchev–Trinajstić information content (AvgIpc) is 2.31. The molecule has 0 bridgehead atoms. The predicted octanol–water partition coefficient (Wildman–Crippen LogP) is 2.63. The molecule has 19 heavy (non-hydrogen) atoms. The van der Waals surface area contributed by atoms with E-state index in [1.165, 1.54) is 0 Å². The molecule has 6 heteroatoms. The van der Waals surface area contributed by atoms with Gasteiger partial charge in [-0.15, -0.1) is 12.4 Å². The van der Waals surface area contributed by atoms with Gasteiger partial charge in [-0.05, 0) is 45.0 Å². The van der Waals surface area contributed by atoms with E-state index < -0.39 is 0 Å². The largest absolute Gasteiger partial charge is 0.490 e. The minimum atomic E-state index is -0.193. The van der Waals surface area contributed by atoms with Gasteiger partial charge < -0.3 is 15.8 Å². The smallest absolute Gasteiger partial charge is 0.255 e. The minimum absolute atomic E-state index is 0. The van der Waals surface area contributed by atoms with Crippen molar-refractivity contribution in [2.45, 2.75) is 26.4 Å². The molecule has 0 aliphatic rings. The minimum Gasteiger partial charge on any atom is -0.490 e. The zero-order chi connectivity index (χ0) is 13.5. The lowest BCUT2D eigenvalue weighted by molar-refractivity contribution is 0.0947. The second kappa shape index (κ2) is 9.02. The Hall–Kier alpha value is -0.970. The summed E-state index contributed by atoms with van der Waals surface area (Å²) < 4.78 is 5.58. The van der Waals surface area contributed by atoms with Crippen LogP contribution in [0.5, 0.6) is 5.75 Å². The zero-order valence-corrected chi connectivity index (χ0v) is 12.7. The molecule has 0 aliphatic carbocycles. The first-order chi connectivity index (χ1) is 8.54. The second-order valence-electron chi connectivity index (χ2n) is 4.21. The van der Waals surface area contributed by atoms with Gasteiger partial charge in [0.15, 0.2) is 0 Å². The third-order valence-electron chi connectivity index (χ3n) is 2.22. The molecule has 0 aromatic heterocycles. The Morgan fingerprint density at radius 1 is 1.47 bits per heavy atom. The molecule has 0 spiro atoms. The normalized spacial score (nSPS) is 9.95. The first kappa shape index (κ1) is 18.0. The first-order valence-electron chi connectivity index (χ1n) is 5.99. The van der Waals surface area contributed by atoms with Crippen LogP contribution in [0.4, 0.5) is 0 Å². The molecule has 1 aromatic rings. The Labute approximate surface area is 125 Å². The summed E-state index contributed by atoms with van der Waals surface area (Å²) in [7, 11) is 0. The maximum absolute atomic E-state index is 12.0. The van der Waals surface area contributed by atoms with Gasteiger partial charge in [-0.25, -0.2) is 0 Å². The standard InChI is InChI=1S/C13H19ClN2O2.ClH/c1-9(2)18-12-5-4-10(14)8-11(12)13(17)16-7-3-6-15;/h4-5,8-9H,3,6-7,15H2,1-2H3,(H,16,17);1H. The van der Waals surface area contributed by atoms with Crippen LogP contribution < -0.4 is 15.8 Å². The van der Waals surface area contributed by atoms with Gasteiger partial charge >= 0.3 is 0 Å². The van der Waals surface area contributed by atoms with E-state index in [2.05, 4.69) is 5.32 Å². The molecule has 0 saturated heterocycles. The number of nitrogens with one attached hydrogen (secondary N) is 1. The van der Waals surface area contributed by atoms with Crippen LogP contribution in [0.25, 0.3) is 0 Å². The van der Waals surface area contributed by atoms with Crippen molar-refractivity contribution in [3.05, 3.63) is 28.8 Å². The number of amides is 1. The van der Waals surface area contributed by atoms with Crippen LogP contribution in [0.3, 0.4) is 0 Å². The molecule has 0 fully saturated rings. The molecule has 1 amide bonds. The fourth-order valence-electron chi connectivity index (χ4n) is 1.44. The molecule has 4 nitrogen and oxygen atoms in total. The summed E-state index contributed by atoms with van der Waals surface area (Å²) in [6, 6.07) is 5.02. The van der Waals surface area contributed by atoms with Crippen LogP contribution in [0.2, 0.25) is 5.02 Å². The number of rotatable bonds is 6. The summed E-state index contributed by atoms with van der Waals surface area (Å²) in [5.74, 6) is 0.348. The summed E-state index contributed by atoms with van der Waals surface area (Å²) in [5.41, 5.74) is 5.83. The number of carbonyl (C=O) groups is 1. The van der Waals surface area contributed by atoms with E-state index in [4.69, 9.17) is 22.1 Å². The Morgan fingerprint density at radius 3 is 2.74 bits per heavy atom. The van der Waals surface area contributed by atoms with Crippen molar-refractivity contribution in [2.75, 3.05) is 13.1 Å². The summed E-state index contributed by atoms with van der Waals surface area (Å²) >= 11 is 5.90. The lowest BCUT2D eigenvalue weighted by Crippen LogP contribution is -2.26. The van der Waals surface area contributed by atoms with Crippen molar-refractivity contribution in [3.63, 3.8) is 0 Å². The Bertz CT molecular complexity index is 412. The quantitative estimate of drug-likeness (QED) is 0.794. The van der Waals surface area contributed by atoms with Gasteiger partial charge in [-0.1, -0.05) is 11.6 Å². The highest BCUT2D eigenvalue weighted by Crippen LogP contribution is 2.23. The highest BCUT2D eigenvalue weighted by molar-refractivity contribution is 6.31. The number of hydrogen-bond acceptors (Lipinski definition) is 3. The van der Waals surface area contributed by atoms with E-state index in [1.54, 1.807) is 18.2 Å². The van der Waals surface area contributed by atoms with Crippen molar-refractivity contribution in [1.82, 2.24) is 5.32 Å². The number of carbonyl (C=O) groups excluding carboxylic acids is 1. The van der Waals surface area contributed by atoms with Gasteiger partial charge in [0.05, 0.1) is 11.7 Å². The highest BCUT2D eigenvalue weighted by atomic mass is 35.5. The molecule has 0 radical (unpaired) electrons. The highest BCUT2D eigenvalue weighted by Gasteiger charge is 2.13. The summed E-state index contributed by atoms with van der Waals surface area (Å²) in [5, 5.41) is 3.29. The van der Waals surface area contributed by atoms with E-state index in [0.29, 0.717) is 29.4 Å². The van der Waals surface area contributed by atoms with Crippen LogP contribution >= 0.6 is 24.0 Å². The van der Waals surface area contributed by atoms with Crippen molar-refractivity contribution in [3.8, 4) is 5.75 Å². The van der Waals surface area contributed by atoms with Gasteiger partial charge in [0, 0.05) is 11.6 Å². The van der Waals surface area contributed by atoms with Gasteiger partial charge in [0.25, 0.3) is 5.91 Å². The fourth-order valence-corrected chi connectivity index (χ4v) is 1.61. The molecule has 108 valence electrons. The Morgan fingerprint density at radius 2 is 2.16 bits per heavy atom. The summed E-state index contributed by atoms with van der Waals surface area (Å²) in [6.07, 6.45) is 0.744. The monoisotopic (exact) mass is 306 g/mol. The van der Waals surface area contributed by atoms with Crippen molar-refractivity contribution in [1.29, 1.82) is 0 Å². The number of nitrogens with two attached hydrogens (primary N) is 1. The molecule has 0 unspecified atom stereocenters. The van der Waals surface area contributed by atoms with Gasteiger partial charge in [-0.3, -0.25) is 4.79 Å². The van der Waals surface area contributed by atoms with Crippen LogP contribution in [-0.2, 0) is 0 Å². The lowest BCUT2D eigenvalue weighted by atomic mass is 10.2. The third-order valence-corrected chi connectivity index (χ3v) is 2.45. The molecule has 0 saturated carbocycles. The number of benzene rings is 1. The molecule has 1 aromatic carbocycles. The zero-order valence-electron chi connectivity index (χ0n) is 11.1. The average molecular weight is 307 g/mol. The topological polar surface area (TPSA) is 64.3 Å². The van der Waals surface area contributed by atoms with E-state index >= 15 is 0 Å². The van der Waals surface area contributed by atoms with Gasteiger partial charge in [0.1, 0.15) is 5.75 Å². The summed E-state index contributed by atoms with van der Waals surface area (Å²) in [6.45, 7) is 4.91. The Balaban J connectivity index is 0.00000324. The molecule has 1 rings (SSSR count). The number of ether oxygens (including phenoxy) is 1. The molecule has 0 atom stereocenters. The maximum Gasteiger partial charge on any atom is 0.255 e. The Kier molecular flexibility index (Phi) is 8.56. The van der Waals surface area contributed by atoms with Crippen LogP contribution in [-0.4, -0.2) is 25.1 Å². The second-order valence-corrected chi connectivity index (χ2v) is 4.64. The maximum atomic E-state index is 12.0. The van der Waals surface area contributed by atoms with Gasteiger partial charge in [-0.2, -0.15) is 0 Å². The van der Waals surface area contributed by atoms with Crippen molar-refractivity contribution < 1.29 is 9.53 Å². The van der Waals surface area contributed by atoms with Crippen molar-refractivity contribution in [2.24, 2.45) is 5.73 Å². The van der Waals surface area contributed by atoms with E-state index in [9.17, 15) is 4.79 Å². The fraction of sp³-hybridized carbons (Fsp3) is 0.462. The summed E-state index contributed by atoms with van der Waals surface area (Å²) in [4.78, 5) is 12.0. The molecule has 3 N–H and O–H groups in total. The number of hydrogen-bond donors (Lipinski definition) is 2. The van der Waals surface area contributed by atoms with Crippen LogP contribution in [0, 0.1) is 0 Å². The van der Waals surface area contributed by atoms with Crippen molar-refractivity contribution >= 4 is 29.9 Å². The van der Waals surface area contributed by atoms with E-state index in [-0.39, 0.29) is 24.4 Å². The first-order valence-corrected chi connectivity index (χ1v) is 6.37. The van der Waals surface area contributed by atoms with E-state index in [0.717, 1.165) is 6.42 Å². The molecular formula is C13H20Cl2N2O2. The van der Waals surface area contributed by atoms with E-state index in [1.807, 2.05) is 13.8 Å². The molecule has 0 aliphatic heterocycles. The van der Waals surface area contributed by atoms with Crippen LogP contribution in [0.15, 0.2) is 18.2 Å². The lowest BCUT2D eigenvalue weighted by Gasteiger charge is -2.14. The van der Waals surface area contributed by atoms with Crippen LogP contribution in [0.1, 0.15) is 30.6 Å². The SMILES string of the molecule is CC(C)Oc1ccc(Cl)cc1C(=O)NCCCN.Cl. The molecular weight excluding hydrogens is 287 g/mol. The number of halogens is 2. The predicted molar refractivity (Wildman–Crippen MR) is 80.5 cm³/mol. The third kappa shape index (κ3) is 6.14. The molecule has 0 heterocycles.